The Bertz CT molecular complexity index is 612. The highest BCUT2D eigenvalue weighted by Crippen LogP contribution is 2.30. The van der Waals surface area contributed by atoms with Crippen LogP contribution in [0.4, 0.5) is 0 Å². The first-order valence-corrected chi connectivity index (χ1v) is 7.66. The Morgan fingerprint density at radius 3 is 2.90 bits per heavy atom. The molecule has 3 nitrogen and oxygen atoms in total. The van der Waals surface area contributed by atoms with E-state index in [1.54, 1.807) is 11.3 Å². The number of carbonyl (C=O) groups excluding carboxylic acids is 1. The van der Waals surface area contributed by atoms with E-state index in [-0.39, 0.29) is 12.5 Å². The second-order valence-electron chi connectivity index (χ2n) is 5.07. The molecule has 1 heterocycles. The summed E-state index contributed by atoms with van der Waals surface area (Å²) in [6.45, 7) is 0.522. The van der Waals surface area contributed by atoms with Crippen molar-refractivity contribution >= 4 is 17.2 Å². The van der Waals surface area contributed by atoms with E-state index in [9.17, 15) is 4.79 Å². The molecule has 0 unspecified atom stereocenters. The largest absolute Gasteiger partial charge is 0.392 e. The second kappa shape index (κ2) is 5.77. The molecule has 0 aliphatic heterocycles. The molecule has 1 aliphatic carbocycles. The summed E-state index contributed by atoms with van der Waals surface area (Å²) in [5, 5.41) is 12.0. The molecular formula is C16H17NO2S. The van der Waals surface area contributed by atoms with Gasteiger partial charge in [0.15, 0.2) is 0 Å². The van der Waals surface area contributed by atoms with E-state index in [4.69, 9.17) is 5.11 Å². The zero-order chi connectivity index (χ0) is 13.9. The summed E-state index contributed by atoms with van der Waals surface area (Å²) < 4.78 is 0. The predicted octanol–water partition coefficient (Wildman–Crippen LogP) is 2.66. The monoisotopic (exact) mass is 287 g/mol. The first kappa shape index (κ1) is 13.3. The highest BCUT2D eigenvalue weighted by atomic mass is 32.1. The van der Waals surface area contributed by atoms with Gasteiger partial charge in [-0.2, -0.15) is 0 Å². The van der Waals surface area contributed by atoms with Gasteiger partial charge < -0.3 is 10.4 Å². The average Bonchev–Trinajstić information content (AvgIpc) is 3.06. The maximum atomic E-state index is 12.1. The zero-order valence-corrected chi connectivity index (χ0v) is 12.0. The molecule has 104 valence electrons. The Hall–Kier alpha value is -1.65. The molecule has 1 aromatic carbocycles. The van der Waals surface area contributed by atoms with E-state index < -0.39 is 0 Å². The highest BCUT2D eigenvalue weighted by Gasteiger charge is 2.18. The Morgan fingerprint density at radius 1 is 1.25 bits per heavy atom. The van der Waals surface area contributed by atoms with Crippen molar-refractivity contribution in [2.24, 2.45) is 0 Å². The Kier molecular flexibility index (Phi) is 3.85. The number of carbonyl (C=O) groups is 1. The van der Waals surface area contributed by atoms with Gasteiger partial charge in [0.2, 0.25) is 0 Å². The molecule has 0 saturated carbocycles. The zero-order valence-electron chi connectivity index (χ0n) is 11.2. The summed E-state index contributed by atoms with van der Waals surface area (Å²) in [6.07, 6.45) is 3.44. The van der Waals surface area contributed by atoms with Crippen molar-refractivity contribution in [3.8, 4) is 0 Å². The van der Waals surface area contributed by atoms with Crippen LogP contribution in [0.5, 0.6) is 0 Å². The van der Waals surface area contributed by atoms with Crippen molar-refractivity contribution in [1.29, 1.82) is 0 Å². The van der Waals surface area contributed by atoms with Crippen LogP contribution in [0.25, 0.3) is 0 Å². The quantitative estimate of drug-likeness (QED) is 0.908. The van der Waals surface area contributed by atoms with Crippen molar-refractivity contribution in [2.75, 3.05) is 0 Å². The first-order valence-electron chi connectivity index (χ1n) is 6.85. The lowest BCUT2D eigenvalue weighted by molar-refractivity contribution is 0.0955. The molecule has 0 spiro atoms. The van der Waals surface area contributed by atoms with E-state index in [0.717, 1.165) is 28.8 Å². The number of aliphatic hydroxyl groups excluding tert-OH is 1. The summed E-state index contributed by atoms with van der Waals surface area (Å²) in [6, 6.07) is 9.66. The Morgan fingerprint density at radius 2 is 2.10 bits per heavy atom. The summed E-state index contributed by atoms with van der Waals surface area (Å²) in [5.74, 6) is -0.00111. The number of rotatable bonds is 4. The van der Waals surface area contributed by atoms with Crippen LogP contribution in [0, 0.1) is 0 Å². The van der Waals surface area contributed by atoms with Crippen molar-refractivity contribution in [3.05, 3.63) is 56.8 Å². The lowest BCUT2D eigenvalue weighted by atomic mass is 10.1. The smallest absolute Gasteiger partial charge is 0.261 e. The van der Waals surface area contributed by atoms with Crippen LogP contribution in [0.1, 0.15) is 37.7 Å². The number of fused-ring (bicyclic) bond motifs is 1. The molecule has 0 fully saturated rings. The minimum atomic E-state index is -0.00111. The predicted molar refractivity (Wildman–Crippen MR) is 79.9 cm³/mol. The molecule has 1 aromatic heterocycles. The second-order valence-corrected chi connectivity index (χ2v) is 6.21. The Labute approximate surface area is 122 Å². The van der Waals surface area contributed by atoms with E-state index in [0.29, 0.717) is 6.54 Å². The van der Waals surface area contributed by atoms with Crippen LogP contribution in [-0.4, -0.2) is 11.0 Å². The molecule has 0 radical (unpaired) electrons. The maximum absolute atomic E-state index is 12.1. The molecule has 20 heavy (non-hydrogen) atoms. The topological polar surface area (TPSA) is 49.3 Å². The van der Waals surface area contributed by atoms with Gasteiger partial charge in [-0.05, 0) is 42.0 Å². The first-order chi connectivity index (χ1) is 9.76. The number of thiophene rings is 1. The number of aliphatic hydroxyl groups is 1. The van der Waals surface area contributed by atoms with Gasteiger partial charge in [0.05, 0.1) is 11.5 Å². The third-order valence-electron chi connectivity index (χ3n) is 3.60. The van der Waals surface area contributed by atoms with Crippen LogP contribution in [-0.2, 0) is 26.0 Å². The van der Waals surface area contributed by atoms with Gasteiger partial charge in [-0.25, -0.2) is 0 Å². The summed E-state index contributed by atoms with van der Waals surface area (Å²) in [4.78, 5) is 14.3. The standard InChI is InChI=1S/C16H17NO2S/c18-10-12-4-1-3-11(7-12)9-17-16(19)15-8-13-5-2-6-14(13)20-15/h1,3-4,7-8,18H,2,5-6,9-10H2,(H,17,19). The highest BCUT2D eigenvalue weighted by molar-refractivity contribution is 7.14. The number of hydrogen-bond donors (Lipinski definition) is 2. The Balaban J connectivity index is 1.63. The molecule has 2 aromatic rings. The number of amides is 1. The van der Waals surface area contributed by atoms with Crippen LogP contribution in [0.2, 0.25) is 0 Å². The molecule has 1 amide bonds. The number of hydrogen-bond acceptors (Lipinski definition) is 3. The minimum Gasteiger partial charge on any atom is -0.392 e. The van der Waals surface area contributed by atoms with Crippen molar-refractivity contribution in [2.45, 2.75) is 32.4 Å². The molecule has 4 heteroatoms. The third kappa shape index (κ3) is 2.76. The van der Waals surface area contributed by atoms with Gasteiger partial charge in [-0.15, -0.1) is 11.3 Å². The molecular weight excluding hydrogens is 270 g/mol. The van der Waals surface area contributed by atoms with Gasteiger partial charge >= 0.3 is 0 Å². The number of benzene rings is 1. The van der Waals surface area contributed by atoms with Crippen molar-refractivity contribution < 1.29 is 9.90 Å². The fourth-order valence-electron chi connectivity index (χ4n) is 2.55. The fraction of sp³-hybridized carbons (Fsp3) is 0.312. The summed E-state index contributed by atoms with van der Waals surface area (Å²) in [5.41, 5.74) is 3.23. The van der Waals surface area contributed by atoms with Gasteiger partial charge in [-0.1, -0.05) is 24.3 Å². The molecule has 1 aliphatic rings. The minimum absolute atomic E-state index is 0.00111. The van der Waals surface area contributed by atoms with Crippen molar-refractivity contribution in [3.63, 3.8) is 0 Å². The molecule has 2 N–H and O–H groups in total. The number of nitrogens with one attached hydrogen (secondary N) is 1. The molecule has 0 atom stereocenters. The molecule has 0 bridgehead atoms. The average molecular weight is 287 g/mol. The van der Waals surface area contributed by atoms with Gasteiger partial charge in [0, 0.05) is 11.4 Å². The van der Waals surface area contributed by atoms with Gasteiger partial charge in [0.1, 0.15) is 0 Å². The van der Waals surface area contributed by atoms with Crippen LogP contribution < -0.4 is 5.32 Å². The van der Waals surface area contributed by atoms with Crippen LogP contribution >= 0.6 is 11.3 Å². The van der Waals surface area contributed by atoms with Gasteiger partial charge in [0.25, 0.3) is 5.91 Å². The summed E-state index contributed by atoms with van der Waals surface area (Å²) >= 11 is 1.62. The van der Waals surface area contributed by atoms with Gasteiger partial charge in [-0.3, -0.25) is 4.79 Å². The van der Waals surface area contributed by atoms with E-state index in [1.807, 2.05) is 30.3 Å². The maximum Gasteiger partial charge on any atom is 0.261 e. The van der Waals surface area contributed by atoms with E-state index in [2.05, 4.69) is 5.32 Å². The van der Waals surface area contributed by atoms with E-state index in [1.165, 1.54) is 16.9 Å². The lowest BCUT2D eigenvalue weighted by Gasteiger charge is -2.05. The van der Waals surface area contributed by atoms with Crippen LogP contribution in [0.3, 0.4) is 0 Å². The third-order valence-corrected chi connectivity index (χ3v) is 4.83. The fourth-order valence-corrected chi connectivity index (χ4v) is 3.72. The van der Waals surface area contributed by atoms with Crippen molar-refractivity contribution in [1.82, 2.24) is 5.32 Å². The molecule has 0 saturated heterocycles. The normalized spacial score (nSPS) is 13.2. The SMILES string of the molecule is O=C(NCc1cccc(CO)c1)c1cc2c(s1)CCC2. The van der Waals surface area contributed by atoms with Crippen LogP contribution in [0.15, 0.2) is 30.3 Å². The lowest BCUT2D eigenvalue weighted by Crippen LogP contribution is -2.21. The molecule has 3 rings (SSSR count). The van der Waals surface area contributed by atoms with E-state index >= 15 is 0 Å². The summed E-state index contributed by atoms with van der Waals surface area (Å²) in [7, 11) is 0. The number of aryl methyl sites for hydroxylation is 2.